The average Bonchev–Trinajstić information content (AvgIpc) is 2.81. The first kappa shape index (κ1) is 17.3. The number of nitrogens with zero attached hydrogens (tertiary/aromatic N) is 3. The molecule has 0 spiro atoms. The van der Waals surface area contributed by atoms with Gasteiger partial charge in [-0.2, -0.15) is 0 Å². The quantitative estimate of drug-likeness (QED) is 0.503. The van der Waals surface area contributed by atoms with Crippen molar-refractivity contribution in [1.29, 1.82) is 0 Å². The highest BCUT2D eigenvalue weighted by Crippen LogP contribution is 2.27. The number of hydrogen-bond donors (Lipinski definition) is 2. The average molecular weight is 623 g/mol. The van der Waals surface area contributed by atoms with Crippen LogP contribution in [0.2, 0.25) is 0 Å². The van der Waals surface area contributed by atoms with Crippen molar-refractivity contribution >= 4 is 79.4 Å². The Morgan fingerprint density at radius 3 is 2.57 bits per heavy atom. The molecule has 0 aliphatic heterocycles. The van der Waals surface area contributed by atoms with Gasteiger partial charge < -0.3 is 10.6 Å². The lowest BCUT2D eigenvalue weighted by Gasteiger charge is -2.10. The number of benzene rings is 1. The molecule has 2 N–H and O–H groups in total. The van der Waals surface area contributed by atoms with Gasteiger partial charge in [-0.3, -0.25) is 4.79 Å². The van der Waals surface area contributed by atoms with E-state index in [2.05, 4.69) is 88.7 Å². The molecule has 2 aromatic rings. The fourth-order valence-electron chi connectivity index (χ4n) is 1.67. The molecule has 1 aromatic heterocycles. The smallest absolute Gasteiger partial charge is 0.246 e. The third kappa shape index (κ3) is 4.99. The van der Waals surface area contributed by atoms with E-state index >= 15 is 0 Å². The number of halogens is 3. The summed E-state index contributed by atoms with van der Waals surface area (Å²) in [5.41, 5.74) is 1.65. The summed E-state index contributed by atoms with van der Waals surface area (Å²) in [7, 11) is 1.84. The maximum Gasteiger partial charge on any atom is 0.246 e. The Bertz CT molecular complexity index is 635. The number of carbonyl (C=O) groups is 1. The van der Waals surface area contributed by atoms with Gasteiger partial charge in [-0.25, -0.2) is 4.68 Å². The Kier molecular flexibility index (Phi) is 6.61. The first-order chi connectivity index (χ1) is 9.99. The first-order valence-electron chi connectivity index (χ1n) is 5.97. The molecular weight excluding hydrogens is 611 g/mol. The first-order valence-corrected chi connectivity index (χ1v) is 9.21. The van der Waals surface area contributed by atoms with Crippen molar-refractivity contribution in [2.24, 2.45) is 0 Å². The van der Waals surface area contributed by atoms with Crippen LogP contribution < -0.4 is 10.6 Å². The molecule has 0 bridgehead atoms. The van der Waals surface area contributed by atoms with Gasteiger partial charge >= 0.3 is 0 Å². The van der Waals surface area contributed by atoms with Crippen LogP contribution in [-0.2, 0) is 17.9 Å². The molecule has 9 heteroatoms. The standard InChI is InChI=1S/C12H12I3N5O/c1-16-4-8-5-20(19-18-8)6-11(21)17-12-9(14)2-7(13)3-10(12)15/h2-3,5,16H,4,6H2,1H3,(H,17,21). The second-order valence-corrected chi connectivity index (χ2v) is 7.80. The van der Waals surface area contributed by atoms with Crippen molar-refractivity contribution in [2.75, 3.05) is 12.4 Å². The Morgan fingerprint density at radius 1 is 1.29 bits per heavy atom. The SMILES string of the molecule is CNCc1cn(CC(=O)Nc2c(I)cc(I)cc2I)nn1. The number of amides is 1. The van der Waals surface area contributed by atoms with E-state index in [0.717, 1.165) is 22.1 Å². The van der Waals surface area contributed by atoms with Gasteiger partial charge in [0.15, 0.2) is 0 Å². The monoisotopic (exact) mass is 623 g/mol. The molecule has 0 saturated carbocycles. The van der Waals surface area contributed by atoms with Crippen molar-refractivity contribution in [3.63, 3.8) is 0 Å². The van der Waals surface area contributed by atoms with E-state index in [1.807, 2.05) is 19.2 Å². The van der Waals surface area contributed by atoms with Crippen LogP contribution in [0, 0.1) is 10.7 Å². The molecule has 0 saturated heterocycles. The molecule has 2 rings (SSSR count). The van der Waals surface area contributed by atoms with E-state index < -0.39 is 0 Å². The predicted octanol–water partition coefficient (Wildman–Crippen LogP) is 2.45. The summed E-state index contributed by atoms with van der Waals surface area (Å²) in [5.74, 6) is -0.118. The molecule has 1 aromatic carbocycles. The van der Waals surface area contributed by atoms with Crippen LogP contribution in [0.5, 0.6) is 0 Å². The summed E-state index contributed by atoms with van der Waals surface area (Å²) in [4.78, 5) is 12.1. The van der Waals surface area contributed by atoms with Crippen LogP contribution in [0.1, 0.15) is 5.69 Å². The normalized spacial score (nSPS) is 10.7. The highest BCUT2D eigenvalue weighted by molar-refractivity contribution is 14.1. The summed E-state index contributed by atoms with van der Waals surface area (Å²) in [6.45, 7) is 0.781. The van der Waals surface area contributed by atoms with Crippen molar-refractivity contribution < 1.29 is 4.79 Å². The van der Waals surface area contributed by atoms with Gasteiger partial charge in [-0.15, -0.1) is 5.10 Å². The Hall–Kier alpha value is -0.0200. The van der Waals surface area contributed by atoms with Gasteiger partial charge in [-0.1, -0.05) is 5.21 Å². The van der Waals surface area contributed by atoms with Crippen LogP contribution >= 0.6 is 67.8 Å². The number of rotatable bonds is 5. The van der Waals surface area contributed by atoms with Crippen LogP contribution in [0.25, 0.3) is 0 Å². The van der Waals surface area contributed by atoms with Crippen LogP contribution in [-0.4, -0.2) is 27.9 Å². The van der Waals surface area contributed by atoms with Gasteiger partial charge in [0.25, 0.3) is 0 Å². The highest BCUT2D eigenvalue weighted by Gasteiger charge is 2.11. The number of anilines is 1. The summed E-state index contributed by atoms with van der Waals surface area (Å²) >= 11 is 6.71. The van der Waals surface area contributed by atoms with E-state index in [4.69, 9.17) is 0 Å². The molecule has 1 amide bonds. The lowest BCUT2D eigenvalue weighted by molar-refractivity contribution is -0.116. The molecule has 0 aliphatic carbocycles. The maximum atomic E-state index is 12.1. The van der Waals surface area contributed by atoms with Gasteiger partial charge in [-0.05, 0) is 87.0 Å². The lowest BCUT2D eigenvalue weighted by atomic mass is 10.3. The number of aromatic nitrogens is 3. The fourth-order valence-corrected chi connectivity index (χ4v) is 5.52. The third-order valence-electron chi connectivity index (χ3n) is 2.52. The van der Waals surface area contributed by atoms with Crippen molar-refractivity contribution in [3.05, 3.63) is 34.7 Å². The molecular formula is C12H12I3N5O. The van der Waals surface area contributed by atoms with Crippen LogP contribution in [0.15, 0.2) is 18.3 Å². The molecule has 112 valence electrons. The van der Waals surface area contributed by atoms with Crippen molar-refractivity contribution in [2.45, 2.75) is 13.1 Å². The zero-order valence-electron chi connectivity index (χ0n) is 11.0. The molecule has 0 atom stereocenters. The fraction of sp³-hybridized carbons (Fsp3) is 0.250. The number of nitrogens with one attached hydrogen (secondary N) is 2. The molecule has 21 heavy (non-hydrogen) atoms. The van der Waals surface area contributed by atoms with Gasteiger partial charge in [0.2, 0.25) is 5.91 Å². The zero-order valence-corrected chi connectivity index (χ0v) is 17.5. The lowest BCUT2D eigenvalue weighted by Crippen LogP contribution is -2.20. The molecule has 0 fully saturated rings. The predicted molar refractivity (Wildman–Crippen MR) is 106 cm³/mol. The largest absolute Gasteiger partial charge is 0.323 e. The second-order valence-electron chi connectivity index (χ2n) is 4.23. The minimum Gasteiger partial charge on any atom is -0.323 e. The summed E-state index contributed by atoms with van der Waals surface area (Å²) in [5, 5.41) is 13.8. The molecule has 1 heterocycles. The van der Waals surface area contributed by atoms with Gasteiger partial charge in [0, 0.05) is 17.3 Å². The number of hydrogen-bond acceptors (Lipinski definition) is 4. The minimum atomic E-state index is -0.118. The minimum absolute atomic E-state index is 0.118. The maximum absolute atomic E-state index is 12.1. The third-order valence-corrected chi connectivity index (χ3v) is 4.85. The van der Waals surface area contributed by atoms with E-state index in [-0.39, 0.29) is 12.5 Å². The summed E-state index contributed by atoms with van der Waals surface area (Å²) in [6, 6.07) is 4.05. The Morgan fingerprint density at radius 2 is 1.95 bits per heavy atom. The zero-order chi connectivity index (χ0) is 15.4. The Balaban J connectivity index is 2.04. The van der Waals surface area contributed by atoms with Gasteiger partial charge in [0.1, 0.15) is 6.54 Å². The van der Waals surface area contributed by atoms with E-state index in [0.29, 0.717) is 6.54 Å². The number of carbonyl (C=O) groups excluding carboxylic acids is 1. The molecule has 0 radical (unpaired) electrons. The van der Waals surface area contributed by atoms with E-state index in [1.165, 1.54) is 4.68 Å². The molecule has 0 aliphatic rings. The summed E-state index contributed by atoms with van der Waals surface area (Å²) in [6.07, 6.45) is 1.76. The van der Waals surface area contributed by atoms with Crippen LogP contribution in [0.3, 0.4) is 0 Å². The van der Waals surface area contributed by atoms with Gasteiger partial charge in [0.05, 0.1) is 17.6 Å². The van der Waals surface area contributed by atoms with E-state index in [1.54, 1.807) is 6.20 Å². The topological polar surface area (TPSA) is 71.8 Å². The van der Waals surface area contributed by atoms with Crippen molar-refractivity contribution in [3.8, 4) is 0 Å². The highest BCUT2D eigenvalue weighted by atomic mass is 127. The Labute approximate surface area is 163 Å². The second kappa shape index (κ2) is 8.01. The van der Waals surface area contributed by atoms with Crippen molar-refractivity contribution in [1.82, 2.24) is 20.3 Å². The molecule has 0 unspecified atom stereocenters. The molecule has 6 nitrogen and oxygen atoms in total. The van der Waals surface area contributed by atoms with Crippen LogP contribution in [0.4, 0.5) is 5.69 Å². The van der Waals surface area contributed by atoms with E-state index in [9.17, 15) is 4.79 Å². The summed E-state index contributed by atoms with van der Waals surface area (Å²) < 4.78 is 4.72.